The number of H-pyrrole nitrogens is 1. The highest BCUT2D eigenvalue weighted by atomic mass is 16.5. The first-order chi connectivity index (χ1) is 57.5. The van der Waals surface area contributed by atoms with Crippen molar-refractivity contribution < 1.29 is 110 Å². The van der Waals surface area contributed by atoms with E-state index >= 15 is 0 Å². The molecule has 120 heavy (non-hydrogen) atoms. The molecule has 7 amide bonds. The number of nitrogens with one attached hydrogen (secondary N) is 7. The van der Waals surface area contributed by atoms with Gasteiger partial charge >= 0.3 is 47.8 Å². The van der Waals surface area contributed by atoms with Crippen molar-refractivity contribution in [3.8, 4) is 0 Å². The number of esters is 8. The van der Waals surface area contributed by atoms with Crippen LogP contribution in [0.25, 0.3) is 10.9 Å². The number of carbonyl (C=O) groups is 15. The number of fused-ring (bicyclic) bond motifs is 1. The zero-order valence-corrected chi connectivity index (χ0v) is 71.3. The fourth-order valence-electron chi connectivity index (χ4n) is 13.8. The maximum atomic E-state index is 14.6. The van der Waals surface area contributed by atoms with Gasteiger partial charge in [0.05, 0.1) is 96.1 Å². The van der Waals surface area contributed by atoms with Gasteiger partial charge in [0, 0.05) is 167 Å². The molecule has 3 aromatic rings. The Morgan fingerprint density at radius 1 is 0.408 bits per heavy atom. The van der Waals surface area contributed by atoms with Crippen LogP contribution in [-0.4, -0.2) is 371 Å². The van der Waals surface area contributed by atoms with Crippen LogP contribution in [0.15, 0.2) is 54.7 Å². The van der Waals surface area contributed by atoms with E-state index in [1.54, 1.807) is 50.8 Å². The predicted molar refractivity (Wildman–Crippen MR) is 437 cm³/mol. The Labute approximate surface area is 701 Å². The summed E-state index contributed by atoms with van der Waals surface area (Å²) in [6.45, 7) is 8.04. The van der Waals surface area contributed by atoms with Gasteiger partial charge in [0.2, 0.25) is 41.4 Å². The number of para-hydroxylation sites is 1. The van der Waals surface area contributed by atoms with Crippen LogP contribution in [0.5, 0.6) is 0 Å². The van der Waals surface area contributed by atoms with Gasteiger partial charge < -0.3 is 80.5 Å². The molecule has 0 radical (unpaired) electrons. The van der Waals surface area contributed by atoms with Crippen LogP contribution in [0.1, 0.15) is 88.8 Å². The van der Waals surface area contributed by atoms with E-state index in [4.69, 9.17) is 43.6 Å². The van der Waals surface area contributed by atoms with Crippen LogP contribution in [0, 0.1) is 11.8 Å². The largest absolute Gasteiger partial charge is 0.468 e. The third kappa shape index (κ3) is 35.9. The monoisotopic (exact) mass is 1690 g/mol. The Morgan fingerprint density at radius 3 is 1.14 bits per heavy atom. The minimum atomic E-state index is -1.33. The number of nitrogens with two attached hydrogens (primary N) is 1. The van der Waals surface area contributed by atoms with E-state index in [0.29, 0.717) is 37.1 Å². The number of methoxy groups -OCH3 is 8. The number of ether oxygens (including phenoxy) is 8. The van der Waals surface area contributed by atoms with Crippen LogP contribution in [0.4, 0.5) is 0 Å². The number of primary amides is 1. The SMILES string of the molecule is CCC(C)[C@H](NC(=O)[C@@H](C)Cc1c[nH]c2ccccc12)C(=O)N[C@@H](CCC(N)=O)C(=O)NCc1ccc(CNC(=O)C(CCNC(=O)CCC(C(=O)OC)N2CCN(CC(=O)OC)CCN(CC(=O)OC)CCN(CC(=O)OC)CC2)NC(=O)CCC(C(=O)OC)N2CCN(CC(=O)OC)CCN(CC(=O)OC)CCN(CC(=O)OC)CC2)cc1. The molecular weight excluding hydrogens is 1560 g/mol. The Bertz CT molecular complexity index is 3760. The second-order valence-electron chi connectivity index (χ2n) is 29.8. The van der Waals surface area contributed by atoms with Crippen LogP contribution < -0.4 is 37.6 Å². The number of benzene rings is 2. The molecule has 0 spiro atoms. The molecular formula is C81H126N16O23. The van der Waals surface area contributed by atoms with Gasteiger partial charge in [-0.3, -0.25) is 111 Å². The van der Waals surface area contributed by atoms with E-state index in [1.807, 2.05) is 63.9 Å². The van der Waals surface area contributed by atoms with Gasteiger partial charge in [-0.25, -0.2) is 0 Å². The van der Waals surface area contributed by atoms with Gasteiger partial charge in [-0.15, -0.1) is 0 Å². The fourth-order valence-corrected chi connectivity index (χ4v) is 13.8. The van der Waals surface area contributed by atoms with Crippen molar-refractivity contribution in [3.63, 3.8) is 0 Å². The van der Waals surface area contributed by atoms with Gasteiger partial charge in [-0.1, -0.05) is 69.7 Å². The third-order valence-corrected chi connectivity index (χ3v) is 21.5. The number of carbonyl (C=O) groups excluding carboxylic acids is 15. The van der Waals surface area contributed by atoms with Crippen molar-refractivity contribution in [1.82, 2.24) is 76.1 Å². The average molecular weight is 1690 g/mol. The van der Waals surface area contributed by atoms with E-state index in [-0.39, 0.29) is 207 Å². The number of hydrogen-bond acceptors (Lipinski definition) is 31. The van der Waals surface area contributed by atoms with Crippen molar-refractivity contribution in [2.24, 2.45) is 17.6 Å². The Hall–Kier alpha value is -10.3. The van der Waals surface area contributed by atoms with Gasteiger partial charge in [0.15, 0.2) is 0 Å². The smallest absolute Gasteiger partial charge is 0.323 e. The molecule has 39 heteroatoms. The summed E-state index contributed by atoms with van der Waals surface area (Å²) in [7, 11) is 9.96. The number of aromatic nitrogens is 1. The summed E-state index contributed by atoms with van der Waals surface area (Å²) in [5.41, 5.74) is 8.56. The van der Waals surface area contributed by atoms with E-state index in [1.165, 1.54) is 56.9 Å². The second kappa shape index (κ2) is 54.1. The fraction of sp³-hybridized carbons (Fsp3) is 0.642. The number of aromatic amines is 1. The topological polar surface area (TPSA) is 470 Å². The molecule has 2 aliphatic heterocycles. The summed E-state index contributed by atoms with van der Waals surface area (Å²) in [5, 5.41) is 17.9. The minimum Gasteiger partial charge on any atom is -0.468 e. The van der Waals surface area contributed by atoms with Crippen LogP contribution >= 0.6 is 0 Å². The first-order valence-corrected chi connectivity index (χ1v) is 40.5. The summed E-state index contributed by atoms with van der Waals surface area (Å²) in [4.78, 5) is 219. The molecule has 0 aliphatic carbocycles. The zero-order chi connectivity index (χ0) is 88.2. The first-order valence-electron chi connectivity index (χ1n) is 40.5. The molecule has 7 atom stereocenters. The van der Waals surface area contributed by atoms with E-state index in [2.05, 4.69) is 36.9 Å². The summed E-state index contributed by atoms with van der Waals surface area (Å²) >= 11 is 0. The van der Waals surface area contributed by atoms with Gasteiger partial charge in [-0.05, 0) is 60.8 Å². The number of nitrogens with zero attached hydrogens (tertiary/aromatic N) is 8. The lowest BCUT2D eigenvalue weighted by atomic mass is 9.95. The Kier molecular flexibility index (Phi) is 45.2. The average Bonchev–Trinajstić information content (AvgIpc) is 1.70. The number of rotatable bonds is 43. The molecule has 4 unspecified atom stereocenters. The van der Waals surface area contributed by atoms with Gasteiger partial charge in [-0.2, -0.15) is 0 Å². The van der Waals surface area contributed by atoms with Crippen LogP contribution in [0.3, 0.4) is 0 Å². The molecule has 0 bridgehead atoms. The zero-order valence-electron chi connectivity index (χ0n) is 71.3. The van der Waals surface area contributed by atoms with E-state index in [0.717, 1.165) is 16.5 Å². The summed E-state index contributed by atoms with van der Waals surface area (Å²) in [6.07, 6.45) is 1.33. The summed E-state index contributed by atoms with van der Waals surface area (Å²) < 4.78 is 40.6. The molecule has 1 aromatic heterocycles. The Balaban J connectivity index is 1.37. The Morgan fingerprint density at radius 2 is 0.775 bits per heavy atom. The van der Waals surface area contributed by atoms with Crippen molar-refractivity contribution in [3.05, 3.63) is 71.4 Å². The summed E-state index contributed by atoms with van der Waals surface area (Å²) in [5.74, 6) is -9.60. The normalized spacial score (nSPS) is 16.9. The highest BCUT2D eigenvalue weighted by Gasteiger charge is 2.36. The maximum absolute atomic E-state index is 14.6. The van der Waals surface area contributed by atoms with Gasteiger partial charge in [0.25, 0.3) is 0 Å². The van der Waals surface area contributed by atoms with Crippen molar-refractivity contribution in [2.75, 3.05) is 207 Å². The predicted octanol–water partition coefficient (Wildman–Crippen LogP) is -2.32. The molecule has 9 N–H and O–H groups in total. The quantitative estimate of drug-likeness (QED) is 0.0218. The van der Waals surface area contributed by atoms with Crippen molar-refractivity contribution in [2.45, 2.75) is 122 Å². The van der Waals surface area contributed by atoms with Gasteiger partial charge in [0.1, 0.15) is 30.2 Å². The van der Waals surface area contributed by atoms with E-state index in [9.17, 15) is 71.9 Å². The molecule has 2 aromatic carbocycles. The van der Waals surface area contributed by atoms with Crippen LogP contribution in [0.2, 0.25) is 0 Å². The molecule has 2 fully saturated rings. The summed E-state index contributed by atoms with van der Waals surface area (Å²) in [6, 6.07) is 8.75. The number of hydrogen-bond donors (Lipinski definition) is 8. The molecule has 2 saturated heterocycles. The lowest BCUT2D eigenvalue weighted by Crippen LogP contribution is -2.56. The highest BCUT2D eigenvalue weighted by molar-refractivity contribution is 5.94. The first kappa shape index (κ1) is 100. The van der Waals surface area contributed by atoms with Crippen molar-refractivity contribution >= 4 is 100 Å². The minimum absolute atomic E-state index is 0.0447. The van der Waals surface area contributed by atoms with Crippen LogP contribution in [-0.2, 0) is 129 Å². The van der Waals surface area contributed by atoms with Crippen molar-refractivity contribution in [1.29, 1.82) is 0 Å². The molecule has 0 saturated carbocycles. The van der Waals surface area contributed by atoms with E-state index < -0.39 is 119 Å². The molecule has 668 valence electrons. The third-order valence-electron chi connectivity index (χ3n) is 21.5. The molecule has 2 aliphatic rings. The lowest BCUT2D eigenvalue weighted by molar-refractivity contribution is -0.149. The molecule has 39 nitrogen and oxygen atoms in total. The maximum Gasteiger partial charge on any atom is 0.323 e. The highest BCUT2D eigenvalue weighted by Crippen LogP contribution is 2.23. The lowest BCUT2D eigenvalue weighted by Gasteiger charge is -2.36. The number of amides is 7. The second-order valence-corrected chi connectivity index (χ2v) is 29.8. The molecule has 5 rings (SSSR count). The standard InChI is InChI=1S/C81H126N16O23/c1-12-55(2)75(89-76(107)56(3)45-59-48-84-61-16-14-13-15-60(59)61)79(110)88-62(21-24-66(82)98)77(108)85-46-57-17-19-58(20-18-57)47-86-78(109)63(87-68(100)26-23-65(81(112)120-11)97-43-39-94(53-73(105)117-8)35-31-91(50-70(102)114-5)32-36-95(40-44-97)54-74(106)118-9)27-28-83-67(99)25-22-64(80(111)119-10)96-41-37-92(51-71(103)115-6)33-29-90(49-69(101)113-4)30-34-93(38-42-96)52-72(104)116-7/h13-20,48,55-56,62-65,75,84H,12,21-47,49-54H2,1-11H3,(H2,82,98)(H,83,99)(H,85,108)(H,86,109)(H,87,100)(H,88,110)(H,89,107)/t55?,56-,62-,63?,64?,65?,75-/m0/s1. The molecule has 3 heterocycles.